The van der Waals surface area contributed by atoms with Crippen LogP contribution in [0.2, 0.25) is 0 Å². The van der Waals surface area contributed by atoms with E-state index in [4.69, 9.17) is 4.74 Å². The largest absolute Gasteiger partial charge is 0.492 e. The third kappa shape index (κ3) is 4.07. The fraction of sp³-hybridized carbons (Fsp3) is 0.0625. The highest BCUT2D eigenvalue weighted by Gasteiger charge is 2.21. The van der Waals surface area contributed by atoms with Crippen LogP contribution >= 0.6 is 15.9 Å². The molecule has 0 fully saturated rings. The smallest absolute Gasteiger partial charge is 0.457 e. The minimum atomic E-state index is -0.721. The normalized spacial score (nSPS) is 10.4. The number of nitro groups is 1. The Bertz CT molecular complexity index is 910. The number of aromatic nitrogens is 3. The Morgan fingerprint density at radius 3 is 2.36 bits per heavy atom. The van der Waals surface area contributed by atoms with Gasteiger partial charge in [0.1, 0.15) is 18.0 Å². The van der Waals surface area contributed by atoms with Gasteiger partial charge in [0.25, 0.3) is 4.73 Å². The van der Waals surface area contributed by atoms with Gasteiger partial charge in [-0.15, -0.1) is 0 Å². The number of carbonyl (C=O) groups excluding carboxylic acids is 1. The van der Waals surface area contributed by atoms with E-state index in [0.29, 0.717) is 17.1 Å². The van der Waals surface area contributed by atoms with E-state index < -0.39 is 10.9 Å². The molecule has 9 heteroatoms. The molecule has 0 N–H and O–H groups in total. The topological polar surface area (TPSA) is 100 Å². The second kappa shape index (κ2) is 7.22. The van der Waals surface area contributed by atoms with Crippen LogP contribution in [0.3, 0.4) is 0 Å². The van der Waals surface area contributed by atoms with Gasteiger partial charge >= 0.3 is 5.95 Å². The van der Waals surface area contributed by atoms with Crippen molar-refractivity contribution in [3.8, 4) is 11.5 Å². The van der Waals surface area contributed by atoms with Crippen LogP contribution in [0.15, 0.2) is 59.3 Å². The lowest BCUT2D eigenvalue weighted by atomic mass is 10.1. The lowest BCUT2D eigenvalue weighted by Gasteiger charge is -2.06. The molecule has 0 saturated carbocycles. The maximum Gasteiger partial charge on any atom is 0.492 e. The van der Waals surface area contributed by atoms with Gasteiger partial charge in [-0.05, 0) is 46.3 Å². The van der Waals surface area contributed by atoms with Crippen molar-refractivity contribution in [1.82, 2.24) is 14.8 Å². The summed E-state index contributed by atoms with van der Waals surface area (Å²) in [5, 5.41) is 14.3. The van der Waals surface area contributed by atoms with Crippen LogP contribution in [0.5, 0.6) is 11.5 Å². The molecule has 0 aliphatic heterocycles. The van der Waals surface area contributed by atoms with E-state index in [0.717, 1.165) is 4.68 Å². The Hall–Kier alpha value is -3.07. The van der Waals surface area contributed by atoms with Crippen LogP contribution in [0, 0.1) is 10.1 Å². The van der Waals surface area contributed by atoms with E-state index in [1.165, 1.54) is 0 Å². The summed E-state index contributed by atoms with van der Waals surface area (Å²) < 4.78 is 6.91. The Kier molecular flexibility index (Phi) is 4.85. The van der Waals surface area contributed by atoms with Gasteiger partial charge in [-0.25, -0.2) is 0 Å². The summed E-state index contributed by atoms with van der Waals surface area (Å²) in [4.78, 5) is 25.8. The van der Waals surface area contributed by atoms with Crippen molar-refractivity contribution in [2.24, 2.45) is 0 Å². The van der Waals surface area contributed by atoms with Crippen LogP contribution < -0.4 is 4.74 Å². The van der Waals surface area contributed by atoms with Gasteiger partial charge in [-0.2, -0.15) is 4.68 Å². The highest BCUT2D eigenvalue weighted by atomic mass is 79.9. The molecule has 0 bridgehead atoms. The van der Waals surface area contributed by atoms with Gasteiger partial charge in [0.2, 0.25) is 0 Å². The maximum absolute atomic E-state index is 12.3. The average Bonchev–Trinajstić information content (AvgIpc) is 2.97. The minimum absolute atomic E-state index is 0.122. The number of benzene rings is 2. The van der Waals surface area contributed by atoms with E-state index in [9.17, 15) is 14.9 Å². The number of nitrogens with zero attached hydrogens (tertiary/aromatic N) is 4. The zero-order valence-corrected chi connectivity index (χ0v) is 14.3. The lowest BCUT2D eigenvalue weighted by molar-refractivity contribution is -0.394. The Morgan fingerprint density at radius 1 is 1.12 bits per heavy atom. The van der Waals surface area contributed by atoms with Gasteiger partial charge in [0, 0.05) is 26.6 Å². The summed E-state index contributed by atoms with van der Waals surface area (Å²) in [6.07, 6.45) is 0. The summed E-state index contributed by atoms with van der Waals surface area (Å²) in [7, 11) is 0. The Labute approximate surface area is 150 Å². The monoisotopic (exact) mass is 402 g/mol. The van der Waals surface area contributed by atoms with Crippen molar-refractivity contribution in [3.05, 3.63) is 75.0 Å². The van der Waals surface area contributed by atoms with Gasteiger partial charge in [-0.3, -0.25) is 4.79 Å². The Balaban J connectivity index is 1.69. The fourth-order valence-electron chi connectivity index (χ4n) is 2.05. The predicted octanol–water partition coefficient (Wildman–Crippen LogP) is 3.62. The zero-order chi connectivity index (χ0) is 17.8. The first-order chi connectivity index (χ1) is 12.0. The average molecular weight is 403 g/mol. The van der Waals surface area contributed by atoms with Crippen molar-refractivity contribution in [3.63, 3.8) is 0 Å². The number of hydrogen-bond donors (Lipinski definition) is 0. The number of rotatable bonds is 6. The molecule has 0 aliphatic carbocycles. The Morgan fingerprint density at radius 2 is 1.76 bits per heavy atom. The lowest BCUT2D eigenvalue weighted by Crippen LogP contribution is -2.12. The molecule has 0 aliphatic rings. The molecule has 0 unspecified atom stereocenters. The first kappa shape index (κ1) is 16.8. The summed E-state index contributed by atoms with van der Waals surface area (Å²) in [6, 6.07) is 15.9. The number of carbonyl (C=O) groups is 1. The van der Waals surface area contributed by atoms with Gasteiger partial charge in [0.05, 0.1) is 0 Å². The second-order valence-electron chi connectivity index (χ2n) is 4.96. The van der Waals surface area contributed by atoms with Crippen molar-refractivity contribution >= 4 is 27.7 Å². The number of ether oxygens (including phenoxy) is 1. The second-order valence-corrected chi connectivity index (χ2v) is 5.67. The van der Waals surface area contributed by atoms with E-state index >= 15 is 0 Å². The third-order valence-corrected chi connectivity index (χ3v) is 3.81. The molecule has 126 valence electrons. The van der Waals surface area contributed by atoms with Crippen molar-refractivity contribution < 1.29 is 14.5 Å². The van der Waals surface area contributed by atoms with Crippen molar-refractivity contribution in [2.75, 3.05) is 0 Å². The molecule has 3 aromatic rings. The van der Waals surface area contributed by atoms with Crippen LogP contribution in [-0.4, -0.2) is 25.5 Å². The molecular formula is C16H11BrN4O4. The number of para-hydroxylation sites is 1. The summed E-state index contributed by atoms with van der Waals surface area (Å²) in [5.41, 5.74) is 0.436. The summed E-state index contributed by atoms with van der Waals surface area (Å²) >= 11 is 3.05. The first-order valence-corrected chi connectivity index (χ1v) is 7.93. The predicted molar refractivity (Wildman–Crippen MR) is 91.7 cm³/mol. The maximum atomic E-state index is 12.3. The van der Waals surface area contributed by atoms with Crippen LogP contribution in [0.1, 0.15) is 10.4 Å². The quantitative estimate of drug-likeness (QED) is 0.354. The highest BCUT2D eigenvalue weighted by Crippen LogP contribution is 2.21. The van der Waals surface area contributed by atoms with Gasteiger partial charge in [0.15, 0.2) is 5.78 Å². The molecule has 1 heterocycles. The van der Waals surface area contributed by atoms with Gasteiger partial charge in [-0.1, -0.05) is 18.2 Å². The van der Waals surface area contributed by atoms with Crippen LogP contribution in [0.25, 0.3) is 0 Å². The van der Waals surface area contributed by atoms with E-state index in [1.807, 2.05) is 30.3 Å². The molecule has 0 amide bonds. The number of hydrogen-bond acceptors (Lipinski definition) is 6. The zero-order valence-electron chi connectivity index (χ0n) is 12.7. The molecular weight excluding hydrogens is 392 g/mol. The van der Waals surface area contributed by atoms with Gasteiger partial charge < -0.3 is 14.9 Å². The molecule has 2 aromatic carbocycles. The minimum Gasteiger partial charge on any atom is -0.457 e. The standard InChI is InChI=1S/C16H11BrN4O4/c17-15-18-16(21(23)24)19-20(15)10-14(22)11-6-8-13(9-7-11)25-12-4-2-1-3-5-12/h1-9H,10H2. The third-order valence-electron chi connectivity index (χ3n) is 3.23. The molecule has 1 aromatic heterocycles. The molecule has 8 nitrogen and oxygen atoms in total. The summed E-state index contributed by atoms with van der Waals surface area (Å²) in [5.74, 6) is 0.471. The van der Waals surface area contributed by atoms with Crippen LogP contribution in [0.4, 0.5) is 5.95 Å². The first-order valence-electron chi connectivity index (χ1n) is 7.14. The van der Waals surface area contributed by atoms with Crippen molar-refractivity contribution in [2.45, 2.75) is 6.54 Å². The van der Waals surface area contributed by atoms with E-state index in [1.54, 1.807) is 24.3 Å². The molecule has 0 atom stereocenters. The van der Waals surface area contributed by atoms with Crippen molar-refractivity contribution in [1.29, 1.82) is 0 Å². The SMILES string of the molecule is O=C(Cn1nc([N+](=O)[O-])nc1Br)c1ccc(Oc2ccccc2)cc1. The molecule has 0 saturated heterocycles. The molecule has 25 heavy (non-hydrogen) atoms. The summed E-state index contributed by atoms with van der Waals surface area (Å²) in [6.45, 7) is -0.166. The molecule has 0 radical (unpaired) electrons. The van der Waals surface area contributed by atoms with E-state index in [-0.39, 0.29) is 17.1 Å². The molecule has 0 spiro atoms. The van der Waals surface area contributed by atoms with Crippen LogP contribution in [-0.2, 0) is 6.54 Å². The van der Waals surface area contributed by atoms with E-state index in [2.05, 4.69) is 26.0 Å². The number of Topliss-reactive ketones (excluding diaryl/α,β-unsaturated/α-hetero) is 1. The fourth-order valence-corrected chi connectivity index (χ4v) is 2.41. The molecule has 3 rings (SSSR count). The number of ketones is 1. The highest BCUT2D eigenvalue weighted by molar-refractivity contribution is 9.10. The number of halogens is 1.